The van der Waals surface area contributed by atoms with Crippen LogP contribution < -0.4 is 21.5 Å². The molecule has 2 aliphatic rings. The lowest BCUT2D eigenvalue weighted by atomic mass is 10.0. The molecule has 1 saturated carbocycles. The van der Waals surface area contributed by atoms with Gasteiger partial charge in [0, 0.05) is 34.7 Å². The van der Waals surface area contributed by atoms with E-state index in [9.17, 15) is 14.4 Å². The molecule has 244 valence electrons. The highest BCUT2D eigenvalue weighted by Gasteiger charge is 2.35. The molecule has 1 aliphatic carbocycles. The number of nitrogens with two attached hydrogens (primary N) is 1. The fraction of sp³-hybridized carbons (Fsp3) is 0.243. The third-order valence-electron chi connectivity index (χ3n) is 8.85. The molecule has 48 heavy (non-hydrogen) atoms. The van der Waals surface area contributed by atoms with Crippen molar-refractivity contribution in [2.75, 3.05) is 5.73 Å². The number of hydrogen-bond donors (Lipinski definition) is 2. The summed E-state index contributed by atoms with van der Waals surface area (Å²) in [5.41, 5.74) is 10.7. The van der Waals surface area contributed by atoms with Crippen LogP contribution in [0.5, 0.6) is 5.75 Å². The first-order valence-corrected chi connectivity index (χ1v) is 16.7. The predicted molar refractivity (Wildman–Crippen MR) is 187 cm³/mol. The van der Waals surface area contributed by atoms with Gasteiger partial charge in [-0.25, -0.2) is 9.78 Å². The lowest BCUT2D eigenvalue weighted by Gasteiger charge is -2.34. The lowest BCUT2D eigenvalue weighted by molar-refractivity contribution is 0.0610. The fourth-order valence-corrected chi connectivity index (χ4v) is 6.39. The average Bonchev–Trinajstić information content (AvgIpc) is 3.86. The number of nitrogen functional groups attached to an aromatic ring is 1. The Hall–Kier alpha value is -5.16. The molecular formula is C37H35BrN6O4. The number of aromatic nitrogens is 3. The molecule has 0 saturated heterocycles. The number of halogens is 1. The van der Waals surface area contributed by atoms with Gasteiger partial charge in [0.1, 0.15) is 17.3 Å². The minimum atomic E-state index is -0.434. The monoisotopic (exact) mass is 706 g/mol. The van der Waals surface area contributed by atoms with Gasteiger partial charge < -0.3 is 20.7 Å². The van der Waals surface area contributed by atoms with Gasteiger partial charge in [-0.2, -0.15) is 0 Å². The van der Waals surface area contributed by atoms with Crippen LogP contribution in [0.25, 0.3) is 16.9 Å². The van der Waals surface area contributed by atoms with Crippen LogP contribution in [-0.2, 0) is 19.6 Å². The van der Waals surface area contributed by atoms with E-state index in [1.54, 1.807) is 33.7 Å². The number of fused-ring (bicyclic) bond motifs is 1. The van der Waals surface area contributed by atoms with Crippen molar-refractivity contribution in [3.05, 3.63) is 128 Å². The number of amides is 2. The Balaban J connectivity index is 1.26. The molecule has 3 N–H and O–H groups in total. The number of rotatable bonds is 8. The van der Waals surface area contributed by atoms with Crippen molar-refractivity contribution in [3.8, 4) is 22.7 Å². The number of hydrogen-bond acceptors (Lipinski definition) is 6. The molecule has 3 aromatic carbocycles. The number of carbonyl (C=O) groups excluding carboxylic acids is 2. The van der Waals surface area contributed by atoms with Crippen LogP contribution in [0.4, 0.5) is 5.82 Å². The normalized spacial score (nSPS) is 15.6. The first-order valence-electron chi connectivity index (χ1n) is 16.0. The molecule has 0 spiro atoms. The maximum absolute atomic E-state index is 14.3. The molecular weight excluding hydrogens is 672 g/mol. The van der Waals surface area contributed by atoms with E-state index in [0.717, 1.165) is 34.0 Å². The number of anilines is 1. The fourth-order valence-electron chi connectivity index (χ4n) is 6.14. The molecule has 2 amide bonds. The highest BCUT2D eigenvalue weighted by Crippen LogP contribution is 2.29. The number of imidazole rings is 1. The SMILES string of the molecule is Cc1cc(C(=O)N2Cc3c(C(=O)NCc4ccccc4-c4cccc(N)n4)n(-c4ccc(OC5CC5)cc4)c(=O)n3C[C@H]2C)ccc1Br. The van der Waals surface area contributed by atoms with Gasteiger partial charge >= 0.3 is 5.69 Å². The molecule has 2 aromatic heterocycles. The number of ether oxygens (including phenoxy) is 1. The summed E-state index contributed by atoms with van der Waals surface area (Å²) >= 11 is 3.51. The van der Waals surface area contributed by atoms with Gasteiger partial charge in [-0.1, -0.05) is 46.3 Å². The van der Waals surface area contributed by atoms with E-state index in [-0.39, 0.29) is 49.1 Å². The highest BCUT2D eigenvalue weighted by molar-refractivity contribution is 9.10. The maximum atomic E-state index is 14.3. The molecule has 11 heteroatoms. The molecule has 0 bridgehead atoms. The first-order chi connectivity index (χ1) is 23.2. The Bertz CT molecular complexity index is 2100. The van der Waals surface area contributed by atoms with E-state index < -0.39 is 5.91 Å². The zero-order valence-electron chi connectivity index (χ0n) is 26.7. The van der Waals surface area contributed by atoms with E-state index in [1.165, 1.54) is 4.57 Å². The summed E-state index contributed by atoms with van der Waals surface area (Å²) in [6, 6.07) is 25.5. The van der Waals surface area contributed by atoms with Crippen molar-refractivity contribution in [2.45, 2.75) is 58.5 Å². The van der Waals surface area contributed by atoms with Crippen molar-refractivity contribution in [2.24, 2.45) is 0 Å². The van der Waals surface area contributed by atoms with E-state index in [4.69, 9.17) is 10.5 Å². The third kappa shape index (κ3) is 6.13. The molecule has 0 radical (unpaired) electrons. The van der Waals surface area contributed by atoms with Crippen molar-refractivity contribution in [1.82, 2.24) is 24.3 Å². The molecule has 10 nitrogen and oxygen atoms in total. The Kier molecular flexibility index (Phi) is 8.38. The number of nitrogens with one attached hydrogen (secondary N) is 1. The summed E-state index contributed by atoms with van der Waals surface area (Å²) in [7, 11) is 0. The minimum absolute atomic E-state index is 0.0901. The molecule has 0 unspecified atom stereocenters. The van der Waals surface area contributed by atoms with E-state index in [1.807, 2.05) is 74.5 Å². The number of aryl methyl sites for hydroxylation is 1. The van der Waals surface area contributed by atoms with E-state index in [0.29, 0.717) is 34.2 Å². The second-order valence-corrected chi connectivity index (χ2v) is 13.2. The Morgan fingerprint density at radius 2 is 1.79 bits per heavy atom. The van der Waals surface area contributed by atoms with E-state index in [2.05, 4.69) is 26.2 Å². The standard InChI is InChI=1S/C37H35BrN6O4/c1-22-18-24(10-17-30(22)38)36(46)42-21-32-34(35(45)40-19-25-6-3-4-7-29(25)31-8-5-9-33(39)41-31)44(37(47)43(32)20-23(42)2)26-11-13-27(14-12-26)48-28-15-16-28/h3-14,17-18,23,28H,15-16,19-21H2,1-2H3,(H2,39,41)(H,40,45)/t23-/m1/s1. The Morgan fingerprint density at radius 1 is 1.02 bits per heavy atom. The quantitative estimate of drug-likeness (QED) is 0.208. The molecule has 3 heterocycles. The van der Waals surface area contributed by atoms with Gasteiger partial charge in [0.2, 0.25) is 0 Å². The van der Waals surface area contributed by atoms with Gasteiger partial charge in [0.25, 0.3) is 11.8 Å². The van der Waals surface area contributed by atoms with Gasteiger partial charge in [0.05, 0.1) is 29.7 Å². The number of benzene rings is 3. The smallest absolute Gasteiger partial charge is 0.333 e. The number of nitrogens with zero attached hydrogens (tertiary/aromatic N) is 4. The van der Waals surface area contributed by atoms with Crippen molar-refractivity contribution < 1.29 is 14.3 Å². The van der Waals surface area contributed by atoms with Gasteiger partial charge in [-0.3, -0.25) is 18.7 Å². The number of carbonyl (C=O) groups is 2. The third-order valence-corrected chi connectivity index (χ3v) is 9.74. The highest BCUT2D eigenvalue weighted by atomic mass is 79.9. The molecule has 1 aliphatic heterocycles. The van der Waals surface area contributed by atoms with Crippen LogP contribution in [0.3, 0.4) is 0 Å². The van der Waals surface area contributed by atoms with E-state index >= 15 is 0 Å². The van der Waals surface area contributed by atoms with Crippen molar-refractivity contribution in [1.29, 1.82) is 0 Å². The Labute approximate surface area is 286 Å². The predicted octanol–water partition coefficient (Wildman–Crippen LogP) is 5.87. The van der Waals surface area contributed by atoms with Crippen LogP contribution in [0.1, 0.15) is 57.4 Å². The lowest BCUT2D eigenvalue weighted by Crippen LogP contribution is -2.47. The Morgan fingerprint density at radius 3 is 2.52 bits per heavy atom. The topological polar surface area (TPSA) is 124 Å². The first kappa shape index (κ1) is 31.4. The summed E-state index contributed by atoms with van der Waals surface area (Å²) in [6.07, 6.45) is 2.29. The zero-order chi connectivity index (χ0) is 33.5. The molecule has 7 rings (SSSR count). The number of pyridine rings is 1. The largest absolute Gasteiger partial charge is 0.490 e. The van der Waals surface area contributed by atoms with Crippen LogP contribution in [0, 0.1) is 6.92 Å². The second-order valence-electron chi connectivity index (χ2n) is 12.4. The minimum Gasteiger partial charge on any atom is -0.490 e. The van der Waals surface area contributed by atoms with Crippen LogP contribution in [0.2, 0.25) is 0 Å². The molecule has 1 atom stereocenters. The summed E-state index contributed by atoms with van der Waals surface area (Å²) < 4.78 is 9.91. The van der Waals surface area contributed by atoms with Crippen molar-refractivity contribution >= 4 is 33.6 Å². The van der Waals surface area contributed by atoms with Crippen LogP contribution in [-0.4, -0.2) is 43.0 Å². The summed E-state index contributed by atoms with van der Waals surface area (Å²) in [5, 5.41) is 3.06. The summed E-state index contributed by atoms with van der Waals surface area (Å²) in [4.78, 5) is 48.4. The maximum Gasteiger partial charge on any atom is 0.333 e. The van der Waals surface area contributed by atoms with Crippen molar-refractivity contribution in [3.63, 3.8) is 0 Å². The average molecular weight is 708 g/mol. The van der Waals surface area contributed by atoms with Crippen LogP contribution in [0.15, 0.2) is 94.2 Å². The zero-order valence-corrected chi connectivity index (χ0v) is 28.2. The van der Waals surface area contributed by atoms with Gasteiger partial charge in [0.15, 0.2) is 0 Å². The molecule has 1 fully saturated rings. The summed E-state index contributed by atoms with van der Waals surface area (Å²) in [5.74, 6) is 0.513. The van der Waals surface area contributed by atoms with Gasteiger partial charge in [-0.05, 0) is 92.4 Å². The molecule has 5 aromatic rings. The second kappa shape index (κ2) is 12.8. The van der Waals surface area contributed by atoms with Crippen LogP contribution >= 0.6 is 15.9 Å². The summed E-state index contributed by atoms with van der Waals surface area (Å²) in [6.45, 7) is 4.36. The van der Waals surface area contributed by atoms with Gasteiger partial charge in [-0.15, -0.1) is 0 Å².